The van der Waals surface area contributed by atoms with Gasteiger partial charge in [0.25, 0.3) is 0 Å². The molecule has 4 N–H and O–H groups in total. The second-order valence-corrected chi connectivity index (χ2v) is 5.64. The summed E-state index contributed by atoms with van der Waals surface area (Å²) in [5.74, 6) is 0. The summed E-state index contributed by atoms with van der Waals surface area (Å²) in [7, 11) is 0. The smallest absolute Gasteiger partial charge is 0.0494 e. The van der Waals surface area contributed by atoms with Gasteiger partial charge in [-0.2, -0.15) is 0 Å². The Kier molecular flexibility index (Phi) is 4.21. The third-order valence-corrected chi connectivity index (χ3v) is 4.17. The molecular weight excluding hydrogens is 292 g/mol. The van der Waals surface area contributed by atoms with Crippen LogP contribution in [0.3, 0.4) is 0 Å². The zero-order valence-electron chi connectivity index (χ0n) is 13.5. The first kappa shape index (κ1) is 15.6. The zero-order valence-corrected chi connectivity index (χ0v) is 13.5. The molecular formula is C22H20N2. The normalized spacial score (nSPS) is 10.3. The molecule has 3 rings (SSSR count). The second-order valence-electron chi connectivity index (χ2n) is 5.64. The summed E-state index contributed by atoms with van der Waals surface area (Å²) < 4.78 is 0. The largest absolute Gasteiger partial charge is 0.398 e. The Bertz CT molecular complexity index is 889. The Hall–Kier alpha value is -3.26. The molecule has 0 heterocycles. The van der Waals surface area contributed by atoms with E-state index in [9.17, 15) is 0 Å². The third kappa shape index (κ3) is 2.82. The molecule has 0 aromatic heterocycles. The molecule has 0 unspecified atom stereocenters. The van der Waals surface area contributed by atoms with E-state index >= 15 is 0 Å². The molecule has 0 bridgehead atoms. The van der Waals surface area contributed by atoms with Crippen LogP contribution in [0, 0.1) is 0 Å². The molecule has 2 heteroatoms. The highest BCUT2D eigenvalue weighted by Gasteiger charge is 2.12. The van der Waals surface area contributed by atoms with Crippen molar-refractivity contribution in [1.82, 2.24) is 0 Å². The lowest BCUT2D eigenvalue weighted by Crippen LogP contribution is -1.99. The van der Waals surface area contributed by atoms with E-state index in [0.29, 0.717) is 11.4 Å². The average Bonchev–Trinajstić information content (AvgIpc) is 2.63. The SMILES string of the molecule is C=Cc1ccc(-c2ccc(N)c(-c3ccc(C=C)cc3)c2N)cc1. The van der Waals surface area contributed by atoms with Crippen LogP contribution in [0.5, 0.6) is 0 Å². The maximum absolute atomic E-state index is 6.47. The lowest BCUT2D eigenvalue weighted by Gasteiger charge is -2.15. The van der Waals surface area contributed by atoms with Crippen LogP contribution < -0.4 is 11.5 Å². The number of hydrogen-bond acceptors (Lipinski definition) is 2. The molecule has 0 atom stereocenters. The predicted molar refractivity (Wildman–Crippen MR) is 106 cm³/mol. The van der Waals surface area contributed by atoms with Crippen molar-refractivity contribution in [2.24, 2.45) is 0 Å². The van der Waals surface area contributed by atoms with Crippen molar-refractivity contribution in [3.63, 3.8) is 0 Å². The van der Waals surface area contributed by atoms with Crippen molar-refractivity contribution in [1.29, 1.82) is 0 Å². The average molecular weight is 312 g/mol. The van der Waals surface area contributed by atoms with Crippen molar-refractivity contribution in [3.05, 3.63) is 84.9 Å². The van der Waals surface area contributed by atoms with E-state index in [2.05, 4.69) is 13.2 Å². The molecule has 3 aromatic rings. The highest BCUT2D eigenvalue weighted by atomic mass is 14.6. The van der Waals surface area contributed by atoms with Gasteiger partial charge in [-0.15, -0.1) is 0 Å². The Balaban J connectivity index is 2.12. The number of anilines is 2. The van der Waals surface area contributed by atoms with E-state index in [1.807, 2.05) is 72.8 Å². The van der Waals surface area contributed by atoms with Gasteiger partial charge in [-0.05, 0) is 28.3 Å². The minimum absolute atomic E-state index is 0.672. The number of nitrogens with two attached hydrogens (primary N) is 2. The van der Waals surface area contributed by atoms with Crippen LogP contribution in [0.25, 0.3) is 34.4 Å². The third-order valence-electron chi connectivity index (χ3n) is 4.17. The molecule has 0 aliphatic heterocycles. The molecule has 0 aliphatic rings. The molecule has 0 spiro atoms. The van der Waals surface area contributed by atoms with Gasteiger partial charge in [0.05, 0.1) is 0 Å². The topological polar surface area (TPSA) is 52.0 Å². The highest BCUT2D eigenvalue weighted by Crippen LogP contribution is 2.39. The zero-order chi connectivity index (χ0) is 17.1. The molecule has 24 heavy (non-hydrogen) atoms. The van der Waals surface area contributed by atoms with Gasteiger partial charge in [-0.3, -0.25) is 0 Å². The molecule has 3 aromatic carbocycles. The van der Waals surface area contributed by atoms with Crippen LogP contribution in [0.2, 0.25) is 0 Å². The van der Waals surface area contributed by atoms with E-state index in [0.717, 1.165) is 33.4 Å². The molecule has 0 radical (unpaired) electrons. The van der Waals surface area contributed by atoms with E-state index in [1.54, 1.807) is 0 Å². The van der Waals surface area contributed by atoms with Crippen molar-refractivity contribution in [2.75, 3.05) is 11.5 Å². The van der Waals surface area contributed by atoms with Crippen LogP contribution in [-0.4, -0.2) is 0 Å². The molecule has 0 amide bonds. The summed E-state index contributed by atoms with van der Waals surface area (Å²) in [5, 5.41) is 0. The van der Waals surface area contributed by atoms with Gasteiger partial charge in [0.15, 0.2) is 0 Å². The number of hydrogen-bond donors (Lipinski definition) is 2. The van der Waals surface area contributed by atoms with E-state index in [4.69, 9.17) is 11.5 Å². The summed E-state index contributed by atoms with van der Waals surface area (Å²) in [6, 6.07) is 20.1. The second kappa shape index (κ2) is 6.47. The molecule has 118 valence electrons. The van der Waals surface area contributed by atoms with E-state index in [1.165, 1.54) is 0 Å². The fourth-order valence-corrected chi connectivity index (χ4v) is 2.79. The minimum Gasteiger partial charge on any atom is -0.398 e. The van der Waals surface area contributed by atoms with Crippen LogP contribution >= 0.6 is 0 Å². The number of rotatable bonds is 4. The first-order valence-electron chi connectivity index (χ1n) is 7.77. The number of nitrogen functional groups attached to an aromatic ring is 2. The lowest BCUT2D eigenvalue weighted by molar-refractivity contribution is 1.56. The molecule has 0 aliphatic carbocycles. The van der Waals surface area contributed by atoms with Crippen molar-refractivity contribution >= 4 is 23.5 Å². The van der Waals surface area contributed by atoms with Gasteiger partial charge in [0.1, 0.15) is 0 Å². The fourth-order valence-electron chi connectivity index (χ4n) is 2.79. The van der Waals surface area contributed by atoms with Crippen molar-refractivity contribution < 1.29 is 0 Å². The summed E-state index contributed by atoms with van der Waals surface area (Å²) in [6.45, 7) is 7.56. The van der Waals surface area contributed by atoms with Gasteiger partial charge >= 0.3 is 0 Å². The molecule has 0 fully saturated rings. The summed E-state index contributed by atoms with van der Waals surface area (Å²) >= 11 is 0. The molecule has 0 saturated heterocycles. The summed E-state index contributed by atoms with van der Waals surface area (Å²) in [5.41, 5.74) is 20.1. The van der Waals surface area contributed by atoms with Gasteiger partial charge in [-0.25, -0.2) is 0 Å². The first-order chi connectivity index (χ1) is 11.6. The quantitative estimate of drug-likeness (QED) is 0.627. The predicted octanol–water partition coefficient (Wildman–Crippen LogP) is 5.47. The van der Waals surface area contributed by atoms with Crippen LogP contribution in [0.4, 0.5) is 11.4 Å². The Morgan fingerprint density at radius 2 is 1.12 bits per heavy atom. The Morgan fingerprint density at radius 3 is 1.62 bits per heavy atom. The van der Waals surface area contributed by atoms with Crippen molar-refractivity contribution in [3.8, 4) is 22.3 Å². The number of benzene rings is 3. The van der Waals surface area contributed by atoms with E-state index in [-0.39, 0.29) is 0 Å². The van der Waals surface area contributed by atoms with Crippen LogP contribution in [-0.2, 0) is 0 Å². The monoisotopic (exact) mass is 312 g/mol. The molecule has 0 saturated carbocycles. The standard InChI is InChI=1S/C22H20N2/c1-3-15-5-9-17(10-6-15)19-13-14-20(23)21(22(19)24)18-11-7-16(4-2)8-12-18/h3-14H,1-2,23-24H2. The van der Waals surface area contributed by atoms with Gasteiger partial charge in [0, 0.05) is 22.5 Å². The maximum Gasteiger partial charge on any atom is 0.0494 e. The highest BCUT2D eigenvalue weighted by molar-refractivity contribution is 5.95. The Morgan fingerprint density at radius 1 is 0.625 bits per heavy atom. The lowest BCUT2D eigenvalue weighted by atomic mass is 9.94. The van der Waals surface area contributed by atoms with Crippen LogP contribution in [0.15, 0.2) is 73.8 Å². The van der Waals surface area contributed by atoms with Gasteiger partial charge in [-0.1, -0.05) is 79.9 Å². The summed E-state index contributed by atoms with van der Waals surface area (Å²) in [4.78, 5) is 0. The first-order valence-corrected chi connectivity index (χ1v) is 7.77. The van der Waals surface area contributed by atoms with Gasteiger partial charge < -0.3 is 11.5 Å². The molecule has 2 nitrogen and oxygen atoms in total. The minimum atomic E-state index is 0.672. The Labute approximate surface area is 142 Å². The fraction of sp³-hybridized carbons (Fsp3) is 0. The maximum atomic E-state index is 6.47. The van der Waals surface area contributed by atoms with Crippen molar-refractivity contribution in [2.45, 2.75) is 0 Å². The summed E-state index contributed by atoms with van der Waals surface area (Å²) in [6.07, 6.45) is 3.64. The van der Waals surface area contributed by atoms with Gasteiger partial charge in [0.2, 0.25) is 0 Å². The van der Waals surface area contributed by atoms with E-state index < -0.39 is 0 Å². The van der Waals surface area contributed by atoms with Crippen LogP contribution in [0.1, 0.15) is 11.1 Å².